The molecular formula is C26H24N4O5S. The third-order valence-electron chi connectivity index (χ3n) is 5.61. The number of rotatable bonds is 6. The molecule has 4 rings (SSSR count). The van der Waals surface area contributed by atoms with Gasteiger partial charge < -0.3 is 5.11 Å². The maximum Gasteiger partial charge on any atom is 0.335 e. The van der Waals surface area contributed by atoms with E-state index < -0.39 is 27.2 Å². The Morgan fingerprint density at radius 2 is 1.64 bits per heavy atom. The van der Waals surface area contributed by atoms with Crippen molar-refractivity contribution in [1.82, 2.24) is 9.55 Å². The van der Waals surface area contributed by atoms with Gasteiger partial charge in [0.2, 0.25) is 5.88 Å². The smallest absolute Gasteiger partial charge is 0.335 e. The quantitative estimate of drug-likeness (QED) is 0.344. The molecule has 36 heavy (non-hydrogen) atoms. The highest BCUT2D eigenvalue weighted by atomic mass is 32.2. The third-order valence-corrected chi connectivity index (χ3v) is 6.99. The number of nitrogens with zero attached hydrogens (tertiary/aromatic N) is 2. The highest BCUT2D eigenvalue weighted by Gasteiger charge is 2.17. The molecule has 0 aliphatic rings. The zero-order valence-corrected chi connectivity index (χ0v) is 20.6. The summed E-state index contributed by atoms with van der Waals surface area (Å²) >= 11 is 0. The SMILES string of the molecule is Cc1ccc(C)c(-n2c(O)c(C=Nc3ccc(S(=O)(=O)Nc4ccccc4C)cc3)c(=O)[nH]c2=O)c1. The maximum atomic E-state index is 12.7. The van der Waals surface area contributed by atoms with Crippen molar-refractivity contribution in [3.63, 3.8) is 0 Å². The first-order chi connectivity index (χ1) is 17.1. The van der Waals surface area contributed by atoms with Crippen molar-refractivity contribution in [3.05, 3.63) is 110 Å². The Morgan fingerprint density at radius 1 is 0.944 bits per heavy atom. The van der Waals surface area contributed by atoms with E-state index in [1.807, 2.05) is 19.1 Å². The molecule has 0 spiro atoms. The molecule has 0 bridgehead atoms. The molecule has 1 aromatic heterocycles. The standard InChI is InChI=1S/C26H24N4O5S/c1-16-8-9-18(3)23(14-16)30-25(32)21(24(31)28-26(30)33)15-27-19-10-12-20(13-11-19)36(34,35)29-22-7-5-4-6-17(22)2/h4-15,29,32H,1-3H3,(H,28,31,33). The van der Waals surface area contributed by atoms with E-state index in [-0.39, 0.29) is 10.5 Å². The molecule has 0 saturated carbocycles. The Hall–Kier alpha value is -4.44. The minimum absolute atomic E-state index is 0.0360. The Kier molecular flexibility index (Phi) is 6.63. The fraction of sp³-hybridized carbons (Fsp3) is 0.115. The van der Waals surface area contributed by atoms with E-state index in [2.05, 4.69) is 14.7 Å². The van der Waals surface area contributed by atoms with E-state index >= 15 is 0 Å². The minimum atomic E-state index is -3.82. The Bertz CT molecular complexity index is 1700. The number of sulfonamides is 1. The van der Waals surface area contributed by atoms with Gasteiger partial charge >= 0.3 is 5.69 Å². The zero-order chi connectivity index (χ0) is 26.0. The normalized spacial score (nSPS) is 11.6. The van der Waals surface area contributed by atoms with Crippen LogP contribution < -0.4 is 16.0 Å². The number of nitrogens with one attached hydrogen (secondary N) is 2. The van der Waals surface area contributed by atoms with Crippen molar-refractivity contribution in [2.75, 3.05) is 4.72 Å². The van der Waals surface area contributed by atoms with Crippen LogP contribution in [0, 0.1) is 20.8 Å². The molecule has 10 heteroatoms. The number of hydrogen-bond donors (Lipinski definition) is 3. The number of aromatic nitrogens is 2. The van der Waals surface area contributed by atoms with Gasteiger partial charge in [0.15, 0.2) is 0 Å². The monoisotopic (exact) mass is 504 g/mol. The average molecular weight is 505 g/mol. The minimum Gasteiger partial charge on any atom is -0.493 e. The lowest BCUT2D eigenvalue weighted by atomic mass is 10.1. The number of aromatic hydroxyl groups is 1. The topological polar surface area (TPSA) is 134 Å². The number of hydrogen-bond acceptors (Lipinski definition) is 6. The van der Waals surface area contributed by atoms with Crippen LogP contribution in [-0.2, 0) is 10.0 Å². The molecule has 3 N–H and O–H groups in total. The molecule has 3 aromatic carbocycles. The maximum absolute atomic E-state index is 12.7. The molecule has 0 atom stereocenters. The number of benzene rings is 3. The summed E-state index contributed by atoms with van der Waals surface area (Å²) in [6.07, 6.45) is 1.13. The van der Waals surface area contributed by atoms with E-state index in [4.69, 9.17) is 0 Å². The number of aromatic amines is 1. The third kappa shape index (κ3) is 4.98. The van der Waals surface area contributed by atoms with Crippen LogP contribution in [0.5, 0.6) is 5.88 Å². The summed E-state index contributed by atoms with van der Waals surface area (Å²) in [5.41, 5.74) is 1.84. The molecule has 0 unspecified atom stereocenters. The first-order valence-corrected chi connectivity index (χ1v) is 12.4. The van der Waals surface area contributed by atoms with E-state index in [0.29, 0.717) is 17.1 Å². The van der Waals surface area contributed by atoms with Crippen molar-refractivity contribution in [2.45, 2.75) is 25.7 Å². The average Bonchev–Trinajstić information content (AvgIpc) is 2.82. The van der Waals surface area contributed by atoms with Gasteiger partial charge in [0, 0.05) is 6.21 Å². The molecule has 0 radical (unpaired) electrons. The predicted octanol–water partition coefficient (Wildman–Crippen LogP) is 3.71. The lowest BCUT2D eigenvalue weighted by molar-refractivity contribution is 0.430. The number of aliphatic imine (C=N–C) groups is 1. The molecule has 4 aromatic rings. The lowest BCUT2D eigenvalue weighted by Gasteiger charge is -2.13. The van der Waals surface area contributed by atoms with E-state index in [1.54, 1.807) is 44.2 Å². The van der Waals surface area contributed by atoms with Gasteiger partial charge in [-0.1, -0.05) is 30.3 Å². The number of para-hydroxylation sites is 1. The van der Waals surface area contributed by atoms with Crippen LogP contribution in [0.2, 0.25) is 0 Å². The summed E-state index contributed by atoms with van der Waals surface area (Å²) in [6.45, 7) is 5.43. The molecule has 0 aliphatic carbocycles. The van der Waals surface area contributed by atoms with Crippen molar-refractivity contribution in [2.24, 2.45) is 4.99 Å². The zero-order valence-electron chi connectivity index (χ0n) is 19.8. The van der Waals surface area contributed by atoms with Crippen LogP contribution in [0.4, 0.5) is 11.4 Å². The van der Waals surface area contributed by atoms with Crippen LogP contribution >= 0.6 is 0 Å². The molecule has 0 aliphatic heterocycles. The molecule has 0 fully saturated rings. The molecule has 0 amide bonds. The van der Waals surface area contributed by atoms with Crippen molar-refractivity contribution < 1.29 is 13.5 Å². The van der Waals surface area contributed by atoms with Gasteiger partial charge in [-0.3, -0.25) is 19.5 Å². The summed E-state index contributed by atoms with van der Waals surface area (Å²) in [5, 5.41) is 10.8. The van der Waals surface area contributed by atoms with Crippen molar-refractivity contribution in [3.8, 4) is 11.6 Å². The second-order valence-corrected chi connectivity index (χ2v) is 9.98. The lowest BCUT2D eigenvalue weighted by Crippen LogP contribution is -2.31. The number of aryl methyl sites for hydroxylation is 3. The van der Waals surface area contributed by atoms with Crippen LogP contribution in [0.1, 0.15) is 22.3 Å². The van der Waals surface area contributed by atoms with Crippen LogP contribution in [-0.4, -0.2) is 29.3 Å². The molecule has 0 saturated heterocycles. The molecule has 184 valence electrons. The van der Waals surface area contributed by atoms with Gasteiger partial charge in [-0.2, -0.15) is 0 Å². The molecule has 1 heterocycles. The Morgan fingerprint density at radius 3 is 2.33 bits per heavy atom. The van der Waals surface area contributed by atoms with E-state index in [0.717, 1.165) is 27.5 Å². The van der Waals surface area contributed by atoms with Gasteiger partial charge in [0.05, 0.1) is 22.0 Å². The van der Waals surface area contributed by atoms with Gasteiger partial charge in [0.25, 0.3) is 15.6 Å². The van der Waals surface area contributed by atoms with Crippen molar-refractivity contribution >= 4 is 27.6 Å². The second-order valence-electron chi connectivity index (χ2n) is 8.29. The summed E-state index contributed by atoms with van der Waals surface area (Å²) < 4.78 is 29.0. The van der Waals surface area contributed by atoms with Crippen LogP contribution in [0.25, 0.3) is 5.69 Å². The molecule has 9 nitrogen and oxygen atoms in total. The summed E-state index contributed by atoms with van der Waals surface area (Å²) in [5.74, 6) is -0.553. The van der Waals surface area contributed by atoms with Crippen molar-refractivity contribution in [1.29, 1.82) is 0 Å². The fourth-order valence-electron chi connectivity index (χ4n) is 3.58. The van der Waals surface area contributed by atoms with E-state index in [1.165, 1.54) is 24.3 Å². The highest BCUT2D eigenvalue weighted by molar-refractivity contribution is 7.92. The van der Waals surface area contributed by atoms with Crippen LogP contribution in [0.3, 0.4) is 0 Å². The van der Waals surface area contributed by atoms with Gasteiger partial charge in [-0.15, -0.1) is 0 Å². The van der Waals surface area contributed by atoms with Gasteiger partial charge in [-0.25, -0.2) is 17.8 Å². The Labute approximate surface area is 207 Å². The fourth-order valence-corrected chi connectivity index (χ4v) is 4.71. The predicted molar refractivity (Wildman–Crippen MR) is 139 cm³/mol. The summed E-state index contributed by atoms with van der Waals surface area (Å²) in [6, 6.07) is 18.1. The van der Waals surface area contributed by atoms with E-state index in [9.17, 15) is 23.1 Å². The van der Waals surface area contributed by atoms with Crippen LogP contribution in [0.15, 0.2) is 86.2 Å². The van der Waals surface area contributed by atoms with Gasteiger partial charge in [0.1, 0.15) is 5.56 Å². The Balaban J connectivity index is 1.65. The number of anilines is 1. The first kappa shape index (κ1) is 24.7. The summed E-state index contributed by atoms with van der Waals surface area (Å²) in [4.78, 5) is 31.3. The molecular weight excluding hydrogens is 480 g/mol. The highest BCUT2D eigenvalue weighted by Crippen LogP contribution is 2.23. The second kappa shape index (κ2) is 9.67. The number of H-pyrrole nitrogens is 1. The first-order valence-electron chi connectivity index (χ1n) is 11.0. The summed E-state index contributed by atoms with van der Waals surface area (Å²) in [7, 11) is -3.82. The van der Waals surface area contributed by atoms with Gasteiger partial charge in [-0.05, 0) is 73.9 Å². The largest absolute Gasteiger partial charge is 0.493 e.